The van der Waals surface area contributed by atoms with Crippen LogP contribution in [0.5, 0.6) is 0 Å². The lowest BCUT2D eigenvalue weighted by Gasteiger charge is -2.27. The smallest absolute Gasteiger partial charge is 0.407 e. The molecular weight excluding hydrogens is 442 g/mol. The van der Waals surface area contributed by atoms with Gasteiger partial charge in [-0.2, -0.15) is 0 Å². The second kappa shape index (κ2) is 28.1. The number of carbonyl (C=O) groups is 1. The molecule has 210 valence electrons. The lowest BCUT2D eigenvalue weighted by molar-refractivity contribution is 0.0504. The first-order chi connectivity index (χ1) is 17.7. The summed E-state index contributed by atoms with van der Waals surface area (Å²) in [6.45, 7) is 6.76. The highest BCUT2D eigenvalue weighted by Gasteiger charge is 2.24. The Kier molecular flexibility index (Phi) is 26.9. The van der Waals surface area contributed by atoms with E-state index in [0.717, 1.165) is 44.9 Å². The van der Waals surface area contributed by atoms with E-state index in [1.54, 1.807) is 7.05 Å². The van der Waals surface area contributed by atoms with Crippen LogP contribution in [0.3, 0.4) is 0 Å². The molecule has 36 heavy (non-hydrogen) atoms. The Morgan fingerprint density at radius 1 is 0.583 bits per heavy atom. The van der Waals surface area contributed by atoms with E-state index in [1.807, 2.05) is 0 Å². The van der Waals surface area contributed by atoms with Crippen LogP contribution in [0.25, 0.3) is 0 Å². The summed E-state index contributed by atoms with van der Waals surface area (Å²) in [5.74, 6) is 0.428. The molecule has 0 rings (SSSR count). The lowest BCUT2D eigenvalue weighted by Crippen LogP contribution is -2.31. The van der Waals surface area contributed by atoms with Crippen LogP contribution < -0.4 is 5.32 Å². The molecule has 0 aromatic rings. The zero-order chi connectivity index (χ0) is 26.5. The van der Waals surface area contributed by atoms with Crippen LogP contribution in [-0.4, -0.2) is 19.2 Å². The van der Waals surface area contributed by atoms with E-state index >= 15 is 0 Å². The minimum atomic E-state index is -0.288. The van der Waals surface area contributed by atoms with E-state index in [0.29, 0.717) is 5.92 Å². The highest BCUT2D eigenvalue weighted by atomic mass is 16.6. The van der Waals surface area contributed by atoms with Crippen molar-refractivity contribution >= 4 is 6.09 Å². The first-order valence-electron chi connectivity index (χ1n) is 15.5. The summed E-state index contributed by atoms with van der Waals surface area (Å²) >= 11 is 0. The average Bonchev–Trinajstić information content (AvgIpc) is 2.89. The molecule has 0 fully saturated rings. The summed E-state index contributed by atoms with van der Waals surface area (Å²) in [5.41, 5.74) is 0. The molecule has 0 saturated carbocycles. The van der Waals surface area contributed by atoms with E-state index in [-0.39, 0.29) is 12.2 Å². The topological polar surface area (TPSA) is 38.3 Å². The third kappa shape index (κ3) is 22.9. The van der Waals surface area contributed by atoms with Gasteiger partial charge in [-0.15, -0.1) is 0 Å². The van der Waals surface area contributed by atoms with Gasteiger partial charge in [0.15, 0.2) is 0 Å². The van der Waals surface area contributed by atoms with Gasteiger partial charge in [0, 0.05) is 7.05 Å². The van der Waals surface area contributed by atoms with Crippen molar-refractivity contribution in [3.05, 3.63) is 36.5 Å². The quantitative estimate of drug-likeness (QED) is 0.0993. The van der Waals surface area contributed by atoms with Gasteiger partial charge >= 0.3 is 6.09 Å². The molecule has 2 atom stereocenters. The van der Waals surface area contributed by atoms with Crippen molar-refractivity contribution in [1.82, 2.24) is 5.32 Å². The van der Waals surface area contributed by atoms with Gasteiger partial charge in [0.2, 0.25) is 0 Å². The summed E-state index contributed by atoms with van der Waals surface area (Å²) < 4.78 is 5.93. The molecule has 3 nitrogen and oxygen atoms in total. The molecule has 1 N–H and O–H groups in total. The second-order valence-electron chi connectivity index (χ2n) is 10.3. The molecule has 0 aromatic carbocycles. The third-order valence-electron chi connectivity index (χ3n) is 6.92. The second-order valence-corrected chi connectivity index (χ2v) is 10.3. The van der Waals surface area contributed by atoms with Gasteiger partial charge in [0.05, 0.1) is 0 Å². The summed E-state index contributed by atoms with van der Waals surface area (Å²) in [4.78, 5) is 12.2. The van der Waals surface area contributed by atoms with Crippen molar-refractivity contribution in [1.29, 1.82) is 0 Å². The monoisotopic (exact) mass is 503 g/mol. The molecule has 0 spiro atoms. The van der Waals surface area contributed by atoms with E-state index in [1.165, 1.54) is 83.5 Å². The number of amides is 1. The maximum atomic E-state index is 12.2. The lowest BCUT2D eigenvalue weighted by atomic mass is 9.88. The zero-order valence-corrected chi connectivity index (χ0v) is 24.6. The number of hydrogen-bond acceptors (Lipinski definition) is 2. The number of rotatable bonds is 25. The number of ether oxygens (including phenoxy) is 1. The maximum Gasteiger partial charge on any atom is 0.407 e. The molecule has 0 saturated heterocycles. The Labute approximate surface area is 225 Å². The average molecular weight is 504 g/mol. The van der Waals surface area contributed by atoms with Crippen molar-refractivity contribution in [2.45, 2.75) is 155 Å². The Morgan fingerprint density at radius 2 is 0.972 bits per heavy atom. The zero-order valence-electron chi connectivity index (χ0n) is 24.6. The Hall–Kier alpha value is -1.51. The van der Waals surface area contributed by atoms with E-state index in [9.17, 15) is 4.79 Å². The normalized spacial score (nSPS) is 13.7. The van der Waals surface area contributed by atoms with Gasteiger partial charge < -0.3 is 10.1 Å². The fourth-order valence-electron chi connectivity index (χ4n) is 4.60. The number of hydrogen-bond donors (Lipinski definition) is 1. The summed E-state index contributed by atoms with van der Waals surface area (Å²) in [5, 5.41) is 2.67. The summed E-state index contributed by atoms with van der Waals surface area (Å²) in [6.07, 6.45) is 37.7. The maximum absolute atomic E-state index is 12.2. The minimum absolute atomic E-state index is 0.00712. The molecule has 0 heterocycles. The molecule has 0 radical (unpaired) electrons. The molecule has 0 aliphatic heterocycles. The molecular formula is C33H61NO2. The first-order valence-corrected chi connectivity index (χ1v) is 15.5. The van der Waals surface area contributed by atoms with Gasteiger partial charge in [0.1, 0.15) is 6.10 Å². The van der Waals surface area contributed by atoms with Crippen molar-refractivity contribution in [2.75, 3.05) is 7.05 Å². The minimum Gasteiger partial charge on any atom is -0.446 e. The Bertz CT molecular complexity index is 526. The van der Waals surface area contributed by atoms with Crippen LogP contribution in [0.1, 0.15) is 149 Å². The molecule has 3 heteroatoms. The van der Waals surface area contributed by atoms with Crippen LogP contribution >= 0.6 is 0 Å². The van der Waals surface area contributed by atoms with Gasteiger partial charge in [-0.3, -0.25) is 0 Å². The standard InChI is InChI=1S/C33H61NO2/c1-5-8-11-14-17-20-22-25-28-31(29-26-23-21-18-15-12-9-6-2)32(36-33(35)34-4)30-27-24-19-16-13-10-7-3/h17-21,24,31-32H,5-16,22-23,25-30H2,1-4H3,(H,34,35)/b20-17-,21-18?,24-19?. The highest BCUT2D eigenvalue weighted by Crippen LogP contribution is 2.26. The molecule has 1 amide bonds. The number of carbonyl (C=O) groups excluding carboxylic acids is 1. The van der Waals surface area contributed by atoms with Crippen LogP contribution in [0.2, 0.25) is 0 Å². The molecule has 0 aliphatic carbocycles. The van der Waals surface area contributed by atoms with E-state index in [4.69, 9.17) is 4.74 Å². The third-order valence-corrected chi connectivity index (χ3v) is 6.92. The fraction of sp³-hybridized carbons (Fsp3) is 0.788. The Balaban J connectivity index is 4.85. The SMILES string of the molecule is CCCCCC=CCCCC(CCC/C=C\CCCCC)C(CCC=CCCCCC)OC(=O)NC. The fourth-order valence-corrected chi connectivity index (χ4v) is 4.60. The number of nitrogens with one attached hydrogen (secondary N) is 1. The van der Waals surface area contributed by atoms with Crippen molar-refractivity contribution < 1.29 is 9.53 Å². The van der Waals surface area contributed by atoms with E-state index < -0.39 is 0 Å². The summed E-state index contributed by atoms with van der Waals surface area (Å²) in [6, 6.07) is 0. The van der Waals surface area contributed by atoms with Crippen molar-refractivity contribution in [3.8, 4) is 0 Å². The predicted molar refractivity (Wildman–Crippen MR) is 160 cm³/mol. The van der Waals surface area contributed by atoms with Crippen LogP contribution in [0.15, 0.2) is 36.5 Å². The highest BCUT2D eigenvalue weighted by molar-refractivity contribution is 5.66. The number of alkyl carbamates (subject to hydrolysis) is 1. The molecule has 2 unspecified atom stereocenters. The first kappa shape index (κ1) is 34.5. The van der Waals surface area contributed by atoms with E-state index in [2.05, 4.69) is 62.5 Å². The van der Waals surface area contributed by atoms with Crippen molar-refractivity contribution in [3.63, 3.8) is 0 Å². The van der Waals surface area contributed by atoms with Crippen LogP contribution in [0, 0.1) is 5.92 Å². The van der Waals surface area contributed by atoms with Crippen molar-refractivity contribution in [2.24, 2.45) is 5.92 Å². The molecule has 0 aliphatic rings. The van der Waals surface area contributed by atoms with Crippen LogP contribution in [-0.2, 0) is 4.74 Å². The van der Waals surface area contributed by atoms with Crippen LogP contribution in [0.4, 0.5) is 4.79 Å². The molecule has 0 bridgehead atoms. The Morgan fingerprint density at radius 3 is 1.36 bits per heavy atom. The number of unbranched alkanes of at least 4 members (excludes halogenated alkanes) is 11. The van der Waals surface area contributed by atoms with Gasteiger partial charge in [-0.1, -0.05) is 95.8 Å². The molecule has 0 aromatic heterocycles. The predicted octanol–water partition coefficient (Wildman–Crippen LogP) is 10.9. The summed E-state index contributed by atoms with van der Waals surface area (Å²) in [7, 11) is 1.66. The van der Waals surface area contributed by atoms with Gasteiger partial charge in [-0.25, -0.2) is 4.79 Å². The van der Waals surface area contributed by atoms with Gasteiger partial charge in [0.25, 0.3) is 0 Å². The van der Waals surface area contributed by atoms with Gasteiger partial charge in [-0.05, 0) is 95.8 Å². The number of allylic oxidation sites excluding steroid dienone is 6. The largest absolute Gasteiger partial charge is 0.446 e.